The molecule has 0 spiro atoms. The van der Waals surface area contributed by atoms with E-state index in [1.807, 2.05) is 68.6 Å². The first-order valence-electron chi connectivity index (χ1n) is 10.4. The first-order chi connectivity index (χ1) is 15.3. The predicted molar refractivity (Wildman–Crippen MR) is 129 cm³/mol. The fourth-order valence-electron chi connectivity index (χ4n) is 3.76. The summed E-state index contributed by atoms with van der Waals surface area (Å²) in [6, 6.07) is 13.5. The monoisotopic (exact) mass is 447 g/mol. The number of carbonyl (C=O) groups is 2. The van der Waals surface area contributed by atoms with Gasteiger partial charge in [-0.1, -0.05) is 18.2 Å². The lowest BCUT2D eigenvalue weighted by molar-refractivity contribution is -0.121. The number of aromatic nitrogens is 1. The van der Waals surface area contributed by atoms with Crippen LogP contribution in [0.15, 0.2) is 53.9 Å². The third-order valence-electron chi connectivity index (χ3n) is 5.52. The maximum atomic E-state index is 12.5. The minimum absolute atomic E-state index is 0.0789. The number of nitrogens with zero attached hydrogens (tertiary/aromatic N) is 2. The van der Waals surface area contributed by atoms with Gasteiger partial charge in [0, 0.05) is 29.8 Å². The van der Waals surface area contributed by atoms with E-state index in [0.717, 1.165) is 33.8 Å². The molecule has 1 aliphatic heterocycles. The largest absolute Gasteiger partial charge is 0.494 e. The van der Waals surface area contributed by atoms with Crippen LogP contribution in [0.3, 0.4) is 0 Å². The number of thiazole rings is 1. The Bertz CT molecular complexity index is 1200. The summed E-state index contributed by atoms with van der Waals surface area (Å²) in [5.74, 6) is 0.632. The highest BCUT2D eigenvalue weighted by atomic mass is 32.1. The number of hydrogen-bond donors (Lipinski definition) is 1. The number of anilines is 2. The van der Waals surface area contributed by atoms with Crippen LogP contribution in [0, 0.1) is 0 Å². The number of likely N-dealkylation sites (N-methyl/N-ethyl adjacent to an activating group) is 1. The van der Waals surface area contributed by atoms with Crippen molar-refractivity contribution in [2.24, 2.45) is 0 Å². The van der Waals surface area contributed by atoms with Crippen molar-refractivity contribution in [1.82, 2.24) is 4.98 Å². The van der Waals surface area contributed by atoms with Gasteiger partial charge in [0.2, 0.25) is 11.8 Å². The van der Waals surface area contributed by atoms with Crippen LogP contribution in [-0.2, 0) is 15.0 Å². The fraction of sp³-hybridized carbons (Fsp3) is 0.240. The summed E-state index contributed by atoms with van der Waals surface area (Å²) in [6.45, 7) is 6.42. The van der Waals surface area contributed by atoms with Crippen molar-refractivity contribution < 1.29 is 14.3 Å². The Labute approximate surface area is 191 Å². The SMILES string of the molecule is CCOc1ccc(/C=C/C(=O)Nc2nc(-c3ccc4c(c3)C(C)(C)C(=O)N4C)cs2)cc1. The van der Waals surface area contributed by atoms with Gasteiger partial charge in [-0.3, -0.25) is 14.9 Å². The van der Waals surface area contributed by atoms with E-state index < -0.39 is 5.41 Å². The number of amides is 2. The molecule has 0 unspecified atom stereocenters. The summed E-state index contributed by atoms with van der Waals surface area (Å²) in [5, 5.41) is 5.24. The van der Waals surface area contributed by atoms with E-state index in [1.54, 1.807) is 18.0 Å². The van der Waals surface area contributed by atoms with Crippen LogP contribution >= 0.6 is 11.3 Å². The summed E-state index contributed by atoms with van der Waals surface area (Å²) in [5.41, 5.74) is 3.93. The molecule has 4 rings (SSSR count). The number of nitrogens with one attached hydrogen (secondary N) is 1. The molecule has 0 aliphatic carbocycles. The van der Waals surface area contributed by atoms with Gasteiger partial charge in [0.25, 0.3) is 0 Å². The van der Waals surface area contributed by atoms with Gasteiger partial charge in [-0.05, 0) is 62.2 Å². The second kappa shape index (κ2) is 8.59. The second-order valence-corrected chi connectivity index (χ2v) is 8.94. The van der Waals surface area contributed by atoms with Crippen molar-refractivity contribution in [3.05, 3.63) is 65.0 Å². The average molecular weight is 448 g/mol. The highest BCUT2D eigenvalue weighted by Gasteiger charge is 2.42. The van der Waals surface area contributed by atoms with Crippen LogP contribution in [0.25, 0.3) is 17.3 Å². The van der Waals surface area contributed by atoms with E-state index in [-0.39, 0.29) is 11.8 Å². The molecule has 7 heteroatoms. The summed E-state index contributed by atoms with van der Waals surface area (Å²) >= 11 is 1.37. The normalized spacial score (nSPS) is 14.6. The van der Waals surface area contributed by atoms with Crippen LogP contribution in [-0.4, -0.2) is 30.5 Å². The van der Waals surface area contributed by atoms with Gasteiger partial charge in [0.15, 0.2) is 5.13 Å². The zero-order valence-corrected chi connectivity index (χ0v) is 19.3. The molecule has 2 amide bonds. The molecule has 32 heavy (non-hydrogen) atoms. The van der Waals surface area contributed by atoms with Crippen molar-refractivity contribution in [3.8, 4) is 17.0 Å². The third kappa shape index (κ3) is 4.16. The molecule has 1 N–H and O–H groups in total. The highest BCUT2D eigenvalue weighted by Crippen LogP contribution is 2.42. The third-order valence-corrected chi connectivity index (χ3v) is 6.28. The molecule has 0 fully saturated rings. The van der Waals surface area contributed by atoms with Gasteiger partial charge in [-0.25, -0.2) is 4.98 Å². The number of fused-ring (bicyclic) bond motifs is 1. The second-order valence-electron chi connectivity index (χ2n) is 8.08. The Balaban J connectivity index is 1.45. The minimum atomic E-state index is -0.571. The quantitative estimate of drug-likeness (QED) is 0.533. The molecule has 1 aromatic heterocycles. The summed E-state index contributed by atoms with van der Waals surface area (Å²) in [6.07, 6.45) is 3.23. The topological polar surface area (TPSA) is 71.5 Å². The summed E-state index contributed by atoms with van der Waals surface area (Å²) in [7, 11) is 1.80. The standard InChI is InChI=1S/C25H25N3O3S/c1-5-31-18-10-6-16(7-11-18)8-13-22(29)27-24-26-20(15-32-24)17-9-12-21-19(14-17)25(2,3)23(30)28(21)4/h6-15H,5H2,1-4H3,(H,26,27,29)/b13-8+. The minimum Gasteiger partial charge on any atom is -0.494 e. The molecule has 0 bridgehead atoms. The zero-order valence-electron chi connectivity index (χ0n) is 18.5. The van der Waals surface area contributed by atoms with Gasteiger partial charge in [-0.15, -0.1) is 11.3 Å². The van der Waals surface area contributed by atoms with E-state index in [4.69, 9.17) is 4.74 Å². The molecule has 1 aliphatic rings. The fourth-order valence-corrected chi connectivity index (χ4v) is 4.48. The zero-order chi connectivity index (χ0) is 22.9. The predicted octanol–water partition coefficient (Wildman–Crippen LogP) is 5.11. The van der Waals surface area contributed by atoms with Crippen molar-refractivity contribution in [1.29, 1.82) is 0 Å². The average Bonchev–Trinajstić information content (AvgIpc) is 3.31. The molecule has 3 aromatic rings. The first-order valence-corrected chi connectivity index (χ1v) is 11.3. The maximum Gasteiger partial charge on any atom is 0.250 e. The number of hydrogen-bond acceptors (Lipinski definition) is 5. The maximum absolute atomic E-state index is 12.5. The Hall–Kier alpha value is -3.45. The molecule has 0 saturated carbocycles. The van der Waals surface area contributed by atoms with Crippen LogP contribution in [0.2, 0.25) is 0 Å². The van der Waals surface area contributed by atoms with E-state index in [2.05, 4.69) is 10.3 Å². The number of benzene rings is 2. The number of carbonyl (C=O) groups excluding carboxylic acids is 2. The lowest BCUT2D eigenvalue weighted by Gasteiger charge is -2.16. The molecule has 0 atom stereocenters. The van der Waals surface area contributed by atoms with Gasteiger partial charge in [0.1, 0.15) is 5.75 Å². The van der Waals surface area contributed by atoms with E-state index in [9.17, 15) is 9.59 Å². The van der Waals surface area contributed by atoms with Crippen LogP contribution < -0.4 is 15.0 Å². The molecule has 164 valence electrons. The Kier molecular flexibility index (Phi) is 5.84. The van der Waals surface area contributed by atoms with E-state index in [0.29, 0.717) is 11.7 Å². The Morgan fingerprint density at radius 2 is 1.97 bits per heavy atom. The van der Waals surface area contributed by atoms with Crippen molar-refractivity contribution >= 4 is 40.0 Å². The number of rotatable bonds is 6. The molecular weight excluding hydrogens is 422 g/mol. The van der Waals surface area contributed by atoms with Gasteiger partial charge in [0.05, 0.1) is 17.7 Å². The molecule has 0 radical (unpaired) electrons. The van der Waals surface area contributed by atoms with Gasteiger partial charge in [-0.2, -0.15) is 0 Å². The van der Waals surface area contributed by atoms with Gasteiger partial charge < -0.3 is 9.64 Å². The number of ether oxygens (including phenoxy) is 1. The van der Waals surface area contributed by atoms with Crippen molar-refractivity contribution in [2.75, 3.05) is 23.9 Å². The first kappa shape index (κ1) is 21.8. The molecule has 2 aromatic carbocycles. The molecule has 2 heterocycles. The Morgan fingerprint density at radius 1 is 1.22 bits per heavy atom. The van der Waals surface area contributed by atoms with Crippen molar-refractivity contribution in [3.63, 3.8) is 0 Å². The van der Waals surface area contributed by atoms with Crippen molar-refractivity contribution in [2.45, 2.75) is 26.2 Å². The lowest BCUT2D eigenvalue weighted by Crippen LogP contribution is -2.33. The van der Waals surface area contributed by atoms with E-state index >= 15 is 0 Å². The molecule has 6 nitrogen and oxygen atoms in total. The Morgan fingerprint density at radius 3 is 2.69 bits per heavy atom. The molecule has 0 saturated heterocycles. The van der Waals surface area contributed by atoms with E-state index in [1.165, 1.54) is 17.4 Å². The lowest BCUT2D eigenvalue weighted by atomic mass is 9.85. The summed E-state index contributed by atoms with van der Waals surface area (Å²) < 4.78 is 5.42. The van der Waals surface area contributed by atoms with Crippen LogP contribution in [0.1, 0.15) is 31.9 Å². The smallest absolute Gasteiger partial charge is 0.250 e. The molecular formula is C25H25N3O3S. The highest BCUT2D eigenvalue weighted by molar-refractivity contribution is 7.14. The summed E-state index contributed by atoms with van der Waals surface area (Å²) in [4.78, 5) is 31.1. The van der Waals surface area contributed by atoms with Crippen LogP contribution in [0.4, 0.5) is 10.8 Å². The van der Waals surface area contributed by atoms with Gasteiger partial charge >= 0.3 is 0 Å². The van der Waals surface area contributed by atoms with Crippen LogP contribution in [0.5, 0.6) is 5.75 Å².